The van der Waals surface area contributed by atoms with E-state index in [4.69, 9.17) is 16.9 Å². The Bertz CT molecular complexity index is 497. The second-order valence-electron chi connectivity index (χ2n) is 4.40. The molecule has 0 bridgehead atoms. The summed E-state index contributed by atoms with van der Waals surface area (Å²) in [6.07, 6.45) is 0.408. The summed E-state index contributed by atoms with van der Waals surface area (Å²) < 4.78 is 0. The van der Waals surface area contributed by atoms with Crippen LogP contribution < -0.4 is 4.90 Å². The lowest BCUT2D eigenvalue weighted by Crippen LogP contribution is -2.31. The zero-order chi connectivity index (χ0) is 14.4. The van der Waals surface area contributed by atoms with Crippen molar-refractivity contribution in [3.8, 4) is 6.07 Å². The Morgan fingerprint density at radius 1 is 1.53 bits per heavy atom. The molecule has 1 aromatic rings. The Hall–Kier alpha value is -1.80. The van der Waals surface area contributed by atoms with Gasteiger partial charge in [-0.1, -0.05) is 0 Å². The highest BCUT2D eigenvalue weighted by Crippen LogP contribution is 2.27. The third-order valence-electron chi connectivity index (χ3n) is 2.82. The zero-order valence-electron chi connectivity index (χ0n) is 11.0. The van der Waals surface area contributed by atoms with Gasteiger partial charge in [-0.15, -0.1) is 11.6 Å². The van der Waals surface area contributed by atoms with Crippen molar-refractivity contribution in [2.75, 3.05) is 11.4 Å². The van der Waals surface area contributed by atoms with Crippen molar-refractivity contribution in [2.24, 2.45) is 0 Å². The van der Waals surface area contributed by atoms with Gasteiger partial charge in [0.15, 0.2) is 0 Å². The summed E-state index contributed by atoms with van der Waals surface area (Å²) in [5.74, 6) is 0.0916. The fourth-order valence-electron chi connectivity index (χ4n) is 1.89. The van der Waals surface area contributed by atoms with Gasteiger partial charge in [-0.25, -0.2) is 0 Å². The van der Waals surface area contributed by atoms with E-state index < -0.39 is 4.92 Å². The summed E-state index contributed by atoms with van der Waals surface area (Å²) in [5.41, 5.74) is 1.38. The highest BCUT2D eigenvalue weighted by atomic mass is 35.5. The van der Waals surface area contributed by atoms with Gasteiger partial charge in [0.05, 0.1) is 23.3 Å². The van der Waals surface area contributed by atoms with Gasteiger partial charge in [-0.05, 0) is 26.0 Å². The number of nitrogens with zero attached hydrogens (tertiary/aromatic N) is 3. The van der Waals surface area contributed by atoms with Crippen molar-refractivity contribution in [3.63, 3.8) is 0 Å². The molecule has 0 N–H and O–H groups in total. The highest BCUT2D eigenvalue weighted by molar-refractivity contribution is 6.17. The normalized spacial score (nSPS) is 10.3. The van der Waals surface area contributed by atoms with E-state index in [9.17, 15) is 10.1 Å². The first kappa shape index (κ1) is 15.3. The molecule has 1 aromatic carbocycles. The number of nitriles is 1. The van der Waals surface area contributed by atoms with Crippen molar-refractivity contribution < 1.29 is 4.92 Å². The Labute approximate surface area is 117 Å². The molecule has 1 rings (SSSR count). The molecule has 0 saturated carbocycles. The molecule has 6 heteroatoms. The van der Waals surface area contributed by atoms with Crippen LogP contribution in [-0.4, -0.2) is 17.5 Å². The number of nitro groups is 1. The summed E-state index contributed by atoms with van der Waals surface area (Å²) in [5, 5.41) is 19.5. The predicted octanol–water partition coefficient (Wildman–Crippen LogP) is 3.46. The van der Waals surface area contributed by atoms with Gasteiger partial charge < -0.3 is 4.90 Å². The largest absolute Gasteiger partial charge is 0.368 e. The van der Waals surface area contributed by atoms with Crippen molar-refractivity contribution in [1.29, 1.82) is 5.26 Å². The van der Waals surface area contributed by atoms with Crippen LogP contribution >= 0.6 is 11.6 Å². The Morgan fingerprint density at radius 2 is 2.21 bits per heavy atom. The maximum absolute atomic E-state index is 10.9. The van der Waals surface area contributed by atoms with E-state index in [-0.39, 0.29) is 17.6 Å². The SMILES string of the molecule is CC(C)N(CCC#N)c1ccc([N+](=O)[O-])c(CCl)c1. The molecule has 0 atom stereocenters. The van der Waals surface area contributed by atoms with E-state index in [2.05, 4.69) is 6.07 Å². The van der Waals surface area contributed by atoms with E-state index in [1.54, 1.807) is 12.1 Å². The van der Waals surface area contributed by atoms with E-state index in [0.717, 1.165) is 5.69 Å². The molecule has 0 radical (unpaired) electrons. The lowest BCUT2D eigenvalue weighted by Gasteiger charge is -2.28. The minimum atomic E-state index is -0.434. The molecule has 0 spiro atoms. The molecule has 0 unspecified atom stereocenters. The molecule has 19 heavy (non-hydrogen) atoms. The molecule has 0 aliphatic heterocycles. The van der Waals surface area contributed by atoms with Crippen LogP contribution in [0.3, 0.4) is 0 Å². The van der Waals surface area contributed by atoms with E-state index >= 15 is 0 Å². The van der Waals surface area contributed by atoms with E-state index in [1.807, 2.05) is 18.7 Å². The minimum Gasteiger partial charge on any atom is -0.368 e. The second-order valence-corrected chi connectivity index (χ2v) is 4.67. The smallest absolute Gasteiger partial charge is 0.273 e. The maximum atomic E-state index is 10.9. The first-order valence-corrected chi connectivity index (χ1v) is 6.51. The molecule has 0 aliphatic rings. The molecule has 0 fully saturated rings. The molecular formula is C13H16ClN3O2. The van der Waals surface area contributed by atoms with Gasteiger partial charge in [0, 0.05) is 29.9 Å². The third kappa shape index (κ3) is 3.83. The Kier molecular flexibility index (Phi) is 5.58. The zero-order valence-corrected chi connectivity index (χ0v) is 11.7. The minimum absolute atomic E-state index is 0.0303. The van der Waals surface area contributed by atoms with E-state index in [1.165, 1.54) is 6.07 Å². The van der Waals surface area contributed by atoms with Gasteiger partial charge in [-0.2, -0.15) is 5.26 Å². The highest BCUT2D eigenvalue weighted by Gasteiger charge is 2.17. The summed E-state index contributed by atoms with van der Waals surface area (Å²) in [6, 6.07) is 7.20. The second kappa shape index (κ2) is 6.95. The summed E-state index contributed by atoms with van der Waals surface area (Å²) in [6.45, 7) is 4.62. The van der Waals surface area contributed by atoms with Crippen LogP contribution in [0.1, 0.15) is 25.8 Å². The molecule has 0 aromatic heterocycles. The monoisotopic (exact) mass is 281 g/mol. The van der Waals surface area contributed by atoms with Crippen molar-refractivity contribution in [1.82, 2.24) is 0 Å². The number of anilines is 1. The van der Waals surface area contributed by atoms with Crippen LogP contribution in [0.2, 0.25) is 0 Å². The van der Waals surface area contributed by atoms with Crippen LogP contribution in [0, 0.1) is 21.4 Å². The number of hydrogen-bond acceptors (Lipinski definition) is 4. The third-order valence-corrected chi connectivity index (χ3v) is 3.11. The standard InChI is InChI=1S/C13H16ClN3O2/c1-10(2)16(7-3-6-15)12-4-5-13(17(18)19)11(8-12)9-14/h4-5,8,10H,3,7,9H2,1-2H3. The number of benzene rings is 1. The average molecular weight is 282 g/mol. The lowest BCUT2D eigenvalue weighted by molar-refractivity contribution is -0.385. The van der Waals surface area contributed by atoms with Crippen molar-refractivity contribution in [2.45, 2.75) is 32.2 Å². The topological polar surface area (TPSA) is 70.2 Å². The van der Waals surface area contributed by atoms with E-state index in [0.29, 0.717) is 18.5 Å². The molecule has 0 aliphatic carbocycles. The summed E-state index contributed by atoms with van der Waals surface area (Å²) in [7, 11) is 0. The van der Waals surface area contributed by atoms with Gasteiger partial charge in [0.2, 0.25) is 0 Å². The molecule has 102 valence electrons. The number of halogens is 1. The van der Waals surface area contributed by atoms with Crippen LogP contribution in [0.25, 0.3) is 0 Å². The molecule has 0 saturated heterocycles. The lowest BCUT2D eigenvalue weighted by atomic mass is 10.1. The molecule has 5 nitrogen and oxygen atoms in total. The van der Waals surface area contributed by atoms with Crippen LogP contribution in [0.4, 0.5) is 11.4 Å². The van der Waals surface area contributed by atoms with Crippen LogP contribution in [0.15, 0.2) is 18.2 Å². The fraction of sp³-hybridized carbons (Fsp3) is 0.462. The number of alkyl halides is 1. The molecule has 0 amide bonds. The van der Waals surface area contributed by atoms with Gasteiger partial charge in [0.25, 0.3) is 5.69 Å². The maximum Gasteiger partial charge on any atom is 0.273 e. The van der Waals surface area contributed by atoms with Crippen molar-refractivity contribution >= 4 is 23.0 Å². The van der Waals surface area contributed by atoms with Crippen LogP contribution in [0.5, 0.6) is 0 Å². The Balaban J connectivity index is 3.11. The molecular weight excluding hydrogens is 266 g/mol. The van der Waals surface area contributed by atoms with Crippen LogP contribution in [-0.2, 0) is 5.88 Å². The van der Waals surface area contributed by atoms with Gasteiger partial charge in [-0.3, -0.25) is 10.1 Å². The average Bonchev–Trinajstić information content (AvgIpc) is 2.38. The van der Waals surface area contributed by atoms with Gasteiger partial charge in [0.1, 0.15) is 0 Å². The number of hydrogen-bond donors (Lipinski definition) is 0. The van der Waals surface area contributed by atoms with Gasteiger partial charge >= 0.3 is 0 Å². The number of rotatable bonds is 6. The Morgan fingerprint density at radius 3 is 2.68 bits per heavy atom. The molecule has 0 heterocycles. The van der Waals surface area contributed by atoms with Crippen molar-refractivity contribution in [3.05, 3.63) is 33.9 Å². The number of nitro benzene ring substituents is 1. The first-order valence-electron chi connectivity index (χ1n) is 5.98. The first-order chi connectivity index (χ1) is 9.01. The predicted molar refractivity (Wildman–Crippen MR) is 75.4 cm³/mol. The quantitative estimate of drug-likeness (QED) is 0.455. The summed E-state index contributed by atoms with van der Waals surface area (Å²) >= 11 is 5.76. The fourth-order valence-corrected chi connectivity index (χ4v) is 2.11. The summed E-state index contributed by atoms with van der Waals surface area (Å²) in [4.78, 5) is 12.5.